The Bertz CT molecular complexity index is 289. The summed E-state index contributed by atoms with van der Waals surface area (Å²) in [6.07, 6.45) is 0.587. The second-order valence-electron chi connectivity index (χ2n) is 3.09. The molecular formula is C11H13ClO. The zero-order valence-corrected chi connectivity index (χ0v) is 8.64. The highest BCUT2D eigenvalue weighted by atomic mass is 35.5. The number of carbonyl (C=O) groups is 1. The molecule has 0 amide bonds. The monoisotopic (exact) mass is 196 g/mol. The van der Waals surface area contributed by atoms with Crippen molar-refractivity contribution in [2.75, 3.05) is 0 Å². The summed E-state index contributed by atoms with van der Waals surface area (Å²) in [4.78, 5) is 11.4. The number of halogens is 1. The lowest BCUT2D eigenvalue weighted by Crippen LogP contribution is -2.06. The van der Waals surface area contributed by atoms with E-state index in [0.717, 1.165) is 5.56 Å². The van der Waals surface area contributed by atoms with E-state index in [1.54, 1.807) is 0 Å². The fraction of sp³-hybridized carbons (Fsp3) is 0.364. The smallest absolute Gasteiger partial charge is 0.139 e. The molecule has 2 heteroatoms. The van der Waals surface area contributed by atoms with Gasteiger partial charge < -0.3 is 0 Å². The second kappa shape index (κ2) is 4.43. The molecule has 1 aromatic rings. The van der Waals surface area contributed by atoms with Crippen molar-refractivity contribution < 1.29 is 4.79 Å². The highest BCUT2D eigenvalue weighted by Crippen LogP contribution is 2.19. The SMILES string of the molecule is CCC(=O)C(C)c1ccc(Cl)cc1. The second-order valence-corrected chi connectivity index (χ2v) is 3.53. The normalized spacial score (nSPS) is 12.5. The zero-order valence-electron chi connectivity index (χ0n) is 7.88. The van der Waals surface area contributed by atoms with Gasteiger partial charge >= 0.3 is 0 Å². The lowest BCUT2D eigenvalue weighted by atomic mass is 9.95. The third kappa shape index (κ3) is 2.56. The molecule has 0 aliphatic rings. The summed E-state index contributed by atoms with van der Waals surface area (Å²) in [6, 6.07) is 7.44. The molecule has 70 valence electrons. The summed E-state index contributed by atoms with van der Waals surface area (Å²) in [5.41, 5.74) is 1.04. The molecule has 0 N–H and O–H groups in total. The Morgan fingerprint density at radius 1 is 1.38 bits per heavy atom. The molecular weight excluding hydrogens is 184 g/mol. The number of hydrogen-bond acceptors (Lipinski definition) is 1. The van der Waals surface area contributed by atoms with Crippen molar-refractivity contribution in [2.45, 2.75) is 26.2 Å². The van der Waals surface area contributed by atoms with Crippen molar-refractivity contribution >= 4 is 17.4 Å². The predicted molar refractivity (Wildman–Crippen MR) is 55.2 cm³/mol. The minimum atomic E-state index is -0.0118. The zero-order chi connectivity index (χ0) is 9.84. The summed E-state index contributed by atoms with van der Waals surface area (Å²) in [5.74, 6) is 0.254. The van der Waals surface area contributed by atoms with Gasteiger partial charge in [-0.15, -0.1) is 0 Å². The van der Waals surface area contributed by atoms with Crippen LogP contribution >= 0.6 is 11.6 Å². The third-order valence-corrected chi connectivity index (χ3v) is 2.45. The number of hydrogen-bond donors (Lipinski definition) is 0. The molecule has 13 heavy (non-hydrogen) atoms. The van der Waals surface area contributed by atoms with Crippen LogP contribution in [0.2, 0.25) is 5.02 Å². The van der Waals surface area contributed by atoms with Crippen LogP contribution in [-0.4, -0.2) is 5.78 Å². The molecule has 1 unspecified atom stereocenters. The molecule has 0 spiro atoms. The van der Waals surface area contributed by atoms with Crippen LogP contribution in [0.3, 0.4) is 0 Å². The quantitative estimate of drug-likeness (QED) is 0.724. The van der Waals surface area contributed by atoms with Crippen LogP contribution in [0.4, 0.5) is 0 Å². The van der Waals surface area contributed by atoms with Gasteiger partial charge in [-0.05, 0) is 17.7 Å². The minimum Gasteiger partial charge on any atom is -0.299 e. The first kappa shape index (κ1) is 10.3. The maximum atomic E-state index is 11.4. The van der Waals surface area contributed by atoms with Crippen LogP contribution in [0.1, 0.15) is 31.7 Å². The average molecular weight is 197 g/mol. The van der Waals surface area contributed by atoms with Gasteiger partial charge in [-0.25, -0.2) is 0 Å². The van der Waals surface area contributed by atoms with E-state index in [9.17, 15) is 4.79 Å². The van der Waals surface area contributed by atoms with E-state index in [1.807, 2.05) is 38.1 Å². The lowest BCUT2D eigenvalue weighted by Gasteiger charge is -2.08. The number of carbonyl (C=O) groups excluding carboxylic acids is 1. The molecule has 0 saturated carbocycles. The van der Waals surface area contributed by atoms with Gasteiger partial charge in [-0.2, -0.15) is 0 Å². The first-order valence-corrected chi connectivity index (χ1v) is 4.81. The standard InChI is InChI=1S/C11H13ClO/c1-3-11(13)8(2)9-4-6-10(12)7-5-9/h4-8H,3H2,1-2H3. The topological polar surface area (TPSA) is 17.1 Å². The highest BCUT2D eigenvalue weighted by molar-refractivity contribution is 6.30. The molecule has 0 bridgehead atoms. The van der Waals surface area contributed by atoms with E-state index in [4.69, 9.17) is 11.6 Å². The van der Waals surface area contributed by atoms with E-state index < -0.39 is 0 Å². The molecule has 1 aromatic carbocycles. The lowest BCUT2D eigenvalue weighted by molar-refractivity contribution is -0.119. The first-order chi connectivity index (χ1) is 6.15. The first-order valence-electron chi connectivity index (χ1n) is 4.43. The van der Waals surface area contributed by atoms with Crippen LogP contribution in [-0.2, 0) is 4.79 Å². The molecule has 0 radical (unpaired) electrons. The molecule has 0 saturated heterocycles. The highest BCUT2D eigenvalue weighted by Gasteiger charge is 2.12. The number of benzene rings is 1. The molecule has 1 nitrogen and oxygen atoms in total. The molecule has 1 atom stereocenters. The van der Waals surface area contributed by atoms with Crippen molar-refractivity contribution in [2.24, 2.45) is 0 Å². The Balaban J connectivity index is 2.83. The predicted octanol–water partition coefficient (Wildman–Crippen LogP) is 3.42. The van der Waals surface area contributed by atoms with E-state index >= 15 is 0 Å². The van der Waals surface area contributed by atoms with Crippen molar-refractivity contribution in [1.29, 1.82) is 0 Å². The summed E-state index contributed by atoms with van der Waals surface area (Å²) in [7, 11) is 0. The van der Waals surface area contributed by atoms with Crippen LogP contribution in [0.5, 0.6) is 0 Å². The van der Waals surface area contributed by atoms with Gasteiger partial charge in [0.2, 0.25) is 0 Å². The van der Waals surface area contributed by atoms with Gasteiger partial charge in [0.25, 0.3) is 0 Å². The number of rotatable bonds is 3. The van der Waals surface area contributed by atoms with Crippen LogP contribution < -0.4 is 0 Å². The van der Waals surface area contributed by atoms with E-state index in [1.165, 1.54) is 0 Å². The van der Waals surface area contributed by atoms with E-state index in [2.05, 4.69) is 0 Å². The molecule has 0 heterocycles. The van der Waals surface area contributed by atoms with E-state index in [0.29, 0.717) is 11.4 Å². The maximum absolute atomic E-state index is 11.4. The number of Topliss-reactive ketones (excluding diaryl/α,β-unsaturated/α-hetero) is 1. The average Bonchev–Trinajstić information content (AvgIpc) is 2.17. The number of ketones is 1. The Hall–Kier alpha value is -0.820. The minimum absolute atomic E-state index is 0.0118. The fourth-order valence-corrected chi connectivity index (χ4v) is 1.37. The largest absolute Gasteiger partial charge is 0.299 e. The van der Waals surface area contributed by atoms with Crippen molar-refractivity contribution in [3.63, 3.8) is 0 Å². The molecule has 1 rings (SSSR count). The van der Waals surface area contributed by atoms with Gasteiger partial charge in [-0.1, -0.05) is 37.6 Å². The fourth-order valence-electron chi connectivity index (χ4n) is 1.24. The van der Waals surface area contributed by atoms with Crippen molar-refractivity contribution in [3.8, 4) is 0 Å². The maximum Gasteiger partial charge on any atom is 0.139 e. The Morgan fingerprint density at radius 2 is 1.92 bits per heavy atom. The molecule has 0 fully saturated rings. The summed E-state index contributed by atoms with van der Waals surface area (Å²) < 4.78 is 0. The Labute approximate surface area is 83.7 Å². The summed E-state index contributed by atoms with van der Waals surface area (Å²) in [6.45, 7) is 3.81. The Kier molecular flexibility index (Phi) is 3.49. The van der Waals surface area contributed by atoms with Gasteiger partial charge in [0.15, 0.2) is 0 Å². The molecule has 0 aliphatic heterocycles. The van der Waals surface area contributed by atoms with Gasteiger partial charge in [0.1, 0.15) is 5.78 Å². The van der Waals surface area contributed by atoms with Gasteiger partial charge in [-0.3, -0.25) is 4.79 Å². The third-order valence-electron chi connectivity index (χ3n) is 2.20. The van der Waals surface area contributed by atoms with Crippen molar-refractivity contribution in [3.05, 3.63) is 34.9 Å². The van der Waals surface area contributed by atoms with Crippen molar-refractivity contribution in [1.82, 2.24) is 0 Å². The van der Waals surface area contributed by atoms with E-state index in [-0.39, 0.29) is 11.7 Å². The van der Waals surface area contributed by atoms with Gasteiger partial charge in [0.05, 0.1) is 0 Å². The summed E-state index contributed by atoms with van der Waals surface area (Å²) in [5, 5.41) is 0.708. The molecule has 0 aliphatic carbocycles. The van der Waals surface area contributed by atoms with Gasteiger partial charge in [0, 0.05) is 17.4 Å². The molecule has 0 aromatic heterocycles. The van der Waals surface area contributed by atoms with Crippen LogP contribution in [0, 0.1) is 0 Å². The van der Waals surface area contributed by atoms with Crippen LogP contribution in [0.25, 0.3) is 0 Å². The Morgan fingerprint density at radius 3 is 2.38 bits per heavy atom. The summed E-state index contributed by atoms with van der Waals surface area (Å²) >= 11 is 5.74. The van der Waals surface area contributed by atoms with Crippen LogP contribution in [0.15, 0.2) is 24.3 Å².